The van der Waals surface area contributed by atoms with Gasteiger partial charge < -0.3 is 10.0 Å². The van der Waals surface area contributed by atoms with Gasteiger partial charge in [-0.05, 0) is 26.4 Å². The first-order valence-electron chi connectivity index (χ1n) is 4.70. The van der Waals surface area contributed by atoms with Crippen LogP contribution >= 0.6 is 11.8 Å². The summed E-state index contributed by atoms with van der Waals surface area (Å²) in [4.78, 5) is 12.6. The summed E-state index contributed by atoms with van der Waals surface area (Å²) in [6.45, 7) is 1.16. The normalized spacial score (nSPS) is 24.5. The second-order valence-corrected chi connectivity index (χ2v) is 4.57. The molecular weight excluding hydrogens is 186 g/mol. The molecule has 1 aliphatic rings. The van der Waals surface area contributed by atoms with E-state index in [-0.39, 0.29) is 5.75 Å². The summed E-state index contributed by atoms with van der Waals surface area (Å²) in [7, 11) is 2.13. The molecule has 0 unspecified atom stereocenters. The number of aliphatic carboxylic acids is 1. The Balaban J connectivity index is 2.15. The number of thioether (sulfide) groups is 1. The topological polar surface area (TPSA) is 40.5 Å². The third kappa shape index (κ3) is 4.00. The zero-order valence-electron chi connectivity index (χ0n) is 8.03. The Morgan fingerprint density at radius 1 is 1.62 bits per heavy atom. The van der Waals surface area contributed by atoms with Gasteiger partial charge in [-0.15, -0.1) is 11.8 Å². The third-order valence-corrected chi connectivity index (χ3v) is 3.53. The molecule has 0 radical (unpaired) electrons. The van der Waals surface area contributed by atoms with Gasteiger partial charge in [0.2, 0.25) is 0 Å². The smallest absolute Gasteiger partial charge is 0.313 e. The van der Waals surface area contributed by atoms with Crippen LogP contribution in [0.3, 0.4) is 0 Å². The average molecular weight is 203 g/mol. The number of carboxylic acids is 1. The monoisotopic (exact) mass is 203 g/mol. The number of hydrogen-bond acceptors (Lipinski definition) is 3. The Kier molecular flexibility index (Phi) is 4.59. The molecule has 1 rings (SSSR count). The molecule has 0 amide bonds. The zero-order valence-corrected chi connectivity index (χ0v) is 8.85. The molecule has 1 atom stereocenters. The van der Waals surface area contributed by atoms with Crippen molar-refractivity contribution in [2.45, 2.75) is 25.3 Å². The van der Waals surface area contributed by atoms with Crippen LogP contribution in [0.25, 0.3) is 0 Å². The molecule has 1 heterocycles. The van der Waals surface area contributed by atoms with E-state index in [4.69, 9.17) is 5.11 Å². The lowest BCUT2D eigenvalue weighted by atomic mass is 10.1. The Labute approximate surface area is 83.5 Å². The molecule has 0 aliphatic carbocycles. The maximum Gasteiger partial charge on any atom is 0.313 e. The van der Waals surface area contributed by atoms with Crippen LogP contribution in [0.1, 0.15) is 19.3 Å². The van der Waals surface area contributed by atoms with Gasteiger partial charge in [-0.25, -0.2) is 0 Å². The van der Waals surface area contributed by atoms with E-state index in [1.807, 2.05) is 0 Å². The summed E-state index contributed by atoms with van der Waals surface area (Å²) < 4.78 is 0. The van der Waals surface area contributed by atoms with E-state index >= 15 is 0 Å². The molecule has 1 fully saturated rings. The molecule has 1 saturated heterocycles. The first-order chi connectivity index (χ1) is 6.20. The lowest BCUT2D eigenvalue weighted by Crippen LogP contribution is -2.38. The molecular formula is C9H17NO2S. The van der Waals surface area contributed by atoms with Gasteiger partial charge >= 0.3 is 5.97 Å². The molecule has 4 heteroatoms. The van der Waals surface area contributed by atoms with Gasteiger partial charge in [0.25, 0.3) is 0 Å². The van der Waals surface area contributed by atoms with Crippen LogP contribution in [0.5, 0.6) is 0 Å². The number of rotatable bonds is 4. The van der Waals surface area contributed by atoms with Crippen molar-refractivity contribution in [1.29, 1.82) is 0 Å². The van der Waals surface area contributed by atoms with E-state index in [2.05, 4.69) is 11.9 Å². The van der Waals surface area contributed by atoms with E-state index < -0.39 is 5.97 Å². The van der Waals surface area contributed by atoms with Crippen molar-refractivity contribution < 1.29 is 9.90 Å². The molecule has 3 nitrogen and oxygen atoms in total. The highest BCUT2D eigenvalue weighted by atomic mass is 32.2. The maximum atomic E-state index is 10.3. The summed E-state index contributed by atoms with van der Waals surface area (Å²) >= 11 is 1.53. The van der Waals surface area contributed by atoms with Crippen LogP contribution in [0, 0.1) is 0 Å². The van der Waals surface area contributed by atoms with Gasteiger partial charge in [-0.2, -0.15) is 0 Å². The van der Waals surface area contributed by atoms with Crippen molar-refractivity contribution in [3.05, 3.63) is 0 Å². The molecule has 0 aromatic rings. The Morgan fingerprint density at radius 2 is 2.38 bits per heavy atom. The highest BCUT2D eigenvalue weighted by Gasteiger charge is 2.18. The number of carbonyl (C=O) groups is 1. The van der Waals surface area contributed by atoms with Crippen molar-refractivity contribution >= 4 is 17.7 Å². The first kappa shape index (κ1) is 10.9. The fourth-order valence-corrected chi connectivity index (χ4v) is 2.62. The van der Waals surface area contributed by atoms with Crippen molar-refractivity contribution in [3.63, 3.8) is 0 Å². The second-order valence-electron chi connectivity index (χ2n) is 3.54. The largest absolute Gasteiger partial charge is 0.481 e. The van der Waals surface area contributed by atoms with Gasteiger partial charge in [0.1, 0.15) is 0 Å². The third-order valence-electron chi connectivity index (χ3n) is 2.46. The number of nitrogens with zero attached hydrogens (tertiary/aromatic N) is 1. The Bertz CT molecular complexity index is 175. The number of piperidine rings is 1. The van der Waals surface area contributed by atoms with Crippen LogP contribution in [0.15, 0.2) is 0 Å². The first-order valence-corrected chi connectivity index (χ1v) is 5.85. The van der Waals surface area contributed by atoms with Crippen molar-refractivity contribution in [2.24, 2.45) is 0 Å². The summed E-state index contributed by atoms with van der Waals surface area (Å²) in [5, 5.41) is 8.47. The van der Waals surface area contributed by atoms with Gasteiger partial charge in [0.05, 0.1) is 5.75 Å². The lowest BCUT2D eigenvalue weighted by molar-refractivity contribution is -0.133. The molecule has 1 aliphatic heterocycles. The molecule has 0 aromatic carbocycles. The second kappa shape index (κ2) is 5.50. The minimum absolute atomic E-state index is 0.240. The van der Waals surface area contributed by atoms with Crippen LogP contribution < -0.4 is 0 Å². The Morgan fingerprint density at radius 3 is 3.00 bits per heavy atom. The fraction of sp³-hybridized carbons (Fsp3) is 0.889. The molecule has 0 aromatic heterocycles. The summed E-state index contributed by atoms with van der Waals surface area (Å²) in [6.07, 6.45) is 3.81. The number of likely N-dealkylation sites (tertiary alicyclic amines) is 1. The highest BCUT2D eigenvalue weighted by Crippen LogP contribution is 2.18. The van der Waals surface area contributed by atoms with E-state index in [1.165, 1.54) is 31.0 Å². The molecule has 13 heavy (non-hydrogen) atoms. The van der Waals surface area contributed by atoms with E-state index in [0.29, 0.717) is 6.04 Å². The Hall–Kier alpha value is -0.220. The predicted molar refractivity (Wildman–Crippen MR) is 55.2 cm³/mol. The van der Waals surface area contributed by atoms with Crippen LogP contribution in [-0.2, 0) is 4.79 Å². The molecule has 0 saturated carbocycles. The van der Waals surface area contributed by atoms with Crippen molar-refractivity contribution in [1.82, 2.24) is 4.90 Å². The molecule has 1 N–H and O–H groups in total. The van der Waals surface area contributed by atoms with Gasteiger partial charge in [0, 0.05) is 11.8 Å². The average Bonchev–Trinajstić information content (AvgIpc) is 2.08. The summed E-state index contributed by atoms with van der Waals surface area (Å²) in [5.41, 5.74) is 0. The van der Waals surface area contributed by atoms with Crippen LogP contribution in [-0.4, -0.2) is 47.1 Å². The number of carboxylic acid groups (broad SMARTS) is 1. The van der Waals surface area contributed by atoms with Gasteiger partial charge in [-0.3, -0.25) is 4.79 Å². The number of hydrogen-bond donors (Lipinski definition) is 1. The SMILES string of the molecule is CN1CCCC[C@@H]1CSCC(=O)O. The molecule has 0 spiro atoms. The lowest BCUT2D eigenvalue weighted by Gasteiger charge is -2.32. The predicted octanol–water partition coefficient (Wildman–Crippen LogP) is 1.29. The molecule has 0 bridgehead atoms. The molecule has 76 valence electrons. The minimum Gasteiger partial charge on any atom is -0.481 e. The maximum absolute atomic E-state index is 10.3. The van der Waals surface area contributed by atoms with Gasteiger partial charge in [-0.1, -0.05) is 6.42 Å². The zero-order chi connectivity index (χ0) is 9.68. The highest BCUT2D eigenvalue weighted by molar-refractivity contribution is 7.99. The van der Waals surface area contributed by atoms with E-state index in [0.717, 1.165) is 12.3 Å². The summed E-state index contributed by atoms with van der Waals surface area (Å²) in [5.74, 6) is 0.496. The van der Waals surface area contributed by atoms with Crippen molar-refractivity contribution in [2.75, 3.05) is 25.1 Å². The fourth-order valence-electron chi connectivity index (χ4n) is 1.64. The quantitative estimate of drug-likeness (QED) is 0.747. The van der Waals surface area contributed by atoms with Crippen molar-refractivity contribution in [3.8, 4) is 0 Å². The van der Waals surface area contributed by atoms with E-state index in [9.17, 15) is 4.79 Å². The van der Waals surface area contributed by atoms with Crippen LogP contribution in [0.2, 0.25) is 0 Å². The standard InChI is InChI=1S/C9H17NO2S/c1-10-5-3-2-4-8(10)6-13-7-9(11)12/h8H,2-7H2,1H3,(H,11,12)/t8-/m1/s1. The van der Waals surface area contributed by atoms with E-state index in [1.54, 1.807) is 0 Å². The minimum atomic E-state index is -0.705. The van der Waals surface area contributed by atoms with Gasteiger partial charge in [0.15, 0.2) is 0 Å². The summed E-state index contributed by atoms with van der Waals surface area (Å²) in [6, 6.07) is 0.595. The van der Waals surface area contributed by atoms with Crippen LogP contribution in [0.4, 0.5) is 0 Å².